The normalized spacial score (nSPS) is 17.5. The summed E-state index contributed by atoms with van der Waals surface area (Å²) in [6.07, 6.45) is 8.43. The van der Waals surface area contributed by atoms with E-state index in [2.05, 4.69) is 15.0 Å². The highest BCUT2D eigenvalue weighted by Gasteiger charge is 2.25. The third-order valence-electron chi connectivity index (χ3n) is 3.26. The van der Waals surface area contributed by atoms with Crippen molar-refractivity contribution >= 4 is 10.0 Å². The Kier molecular flexibility index (Phi) is 4.95. The second-order valence-electron chi connectivity index (χ2n) is 5.09. The Morgan fingerprint density at radius 2 is 2.26 bits per heavy atom. The molecule has 1 fully saturated rings. The summed E-state index contributed by atoms with van der Waals surface area (Å²) in [4.78, 5) is 3.94. The van der Waals surface area contributed by atoms with E-state index in [1.807, 2.05) is 10.8 Å². The van der Waals surface area contributed by atoms with Crippen LogP contribution in [0.3, 0.4) is 0 Å². The van der Waals surface area contributed by atoms with E-state index in [1.54, 1.807) is 19.4 Å². The minimum absolute atomic E-state index is 0.388. The molecule has 0 aromatic carbocycles. The van der Waals surface area contributed by atoms with Crippen LogP contribution in [0.4, 0.5) is 0 Å². The number of aromatic nitrogens is 2. The van der Waals surface area contributed by atoms with E-state index in [9.17, 15) is 8.42 Å². The van der Waals surface area contributed by atoms with Gasteiger partial charge in [-0.25, -0.2) is 18.1 Å². The quantitative estimate of drug-likeness (QED) is 0.642. The van der Waals surface area contributed by atoms with Gasteiger partial charge in [0.1, 0.15) is 0 Å². The average Bonchev–Trinajstić information content (AvgIpc) is 3.06. The van der Waals surface area contributed by atoms with Crippen LogP contribution in [0.15, 0.2) is 18.7 Å². The van der Waals surface area contributed by atoms with Crippen molar-refractivity contribution in [3.05, 3.63) is 18.7 Å². The minimum Gasteiger partial charge on any atom is -0.337 e. The van der Waals surface area contributed by atoms with Crippen molar-refractivity contribution in [2.24, 2.45) is 0 Å². The van der Waals surface area contributed by atoms with Gasteiger partial charge in [0.05, 0.1) is 11.6 Å². The van der Waals surface area contributed by atoms with E-state index >= 15 is 0 Å². The van der Waals surface area contributed by atoms with Gasteiger partial charge in [-0.15, -0.1) is 0 Å². The van der Waals surface area contributed by atoms with Crippen LogP contribution in [0.25, 0.3) is 0 Å². The van der Waals surface area contributed by atoms with Gasteiger partial charge in [-0.05, 0) is 26.2 Å². The summed E-state index contributed by atoms with van der Waals surface area (Å²) in [5, 5.41) is 2.86. The molecule has 2 N–H and O–H groups in total. The smallest absolute Gasteiger partial charge is 0.215 e. The Hall–Kier alpha value is -0.920. The van der Waals surface area contributed by atoms with E-state index in [1.165, 1.54) is 12.8 Å². The average molecular weight is 286 g/mol. The molecule has 1 aromatic heterocycles. The molecule has 1 aromatic rings. The van der Waals surface area contributed by atoms with E-state index in [-0.39, 0.29) is 5.25 Å². The first-order valence-electron chi connectivity index (χ1n) is 6.75. The molecule has 0 spiro atoms. The first-order chi connectivity index (χ1) is 9.08. The van der Waals surface area contributed by atoms with Crippen molar-refractivity contribution in [3.8, 4) is 0 Å². The molecular weight excluding hydrogens is 264 g/mol. The van der Waals surface area contributed by atoms with Gasteiger partial charge in [0.15, 0.2) is 0 Å². The maximum atomic E-state index is 12.0. The fraction of sp³-hybridized carbons (Fsp3) is 0.750. The molecule has 1 aliphatic carbocycles. The molecule has 0 bridgehead atoms. The zero-order valence-corrected chi connectivity index (χ0v) is 12.1. The van der Waals surface area contributed by atoms with E-state index in [0.29, 0.717) is 19.1 Å². The van der Waals surface area contributed by atoms with Gasteiger partial charge in [0.25, 0.3) is 0 Å². The van der Waals surface area contributed by atoms with Crippen LogP contribution in [-0.2, 0) is 16.6 Å². The van der Waals surface area contributed by atoms with Crippen LogP contribution in [0.1, 0.15) is 26.2 Å². The topological polar surface area (TPSA) is 76.0 Å². The molecule has 0 saturated heterocycles. The third-order valence-corrected chi connectivity index (χ3v) is 5.09. The lowest BCUT2D eigenvalue weighted by atomic mass is 10.4. The number of hydrogen-bond acceptors (Lipinski definition) is 4. The first-order valence-corrected chi connectivity index (χ1v) is 8.30. The van der Waals surface area contributed by atoms with Gasteiger partial charge in [-0.2, -0.15) is 0 Å². The Labute approximate surface area is 114 Å². The van der Waals surface area contributed by atoms with Gasteiger partial charge in [0, 0.05) is 38.1 Å². The molecule has 0 amide bonds. The van der Waals surface area contributed by atoms with Crippen molar-refractivity contribution in [1.29, 1.82) is 0 Å². The van der Waals surface area contributed by atoms with Crippen LogP contribution in [0.5, 0.6) is 0 Å². The summed E-state index contributed by atoms with van der Waals surface area (Å²) in [6, 6.07) is 0.541. The fourth-order valence-electron chi connectivity index (χ4n) is 1.77. The molecule has 1 heterocycles. The predicted octanol–water partition coefficient (Wildman–Crippen LogP) is 0.333. The number of rotatable bonds is 9. The summed E-state index contributed by atoms with van der Waals surface area (Å²) >= 11 is 0. The maximum absolute atomic E-state index is 12.0. The Morgan fingerprint density at radius 3 is 2.89 bits per heavy atom. The predicted molar refractivity (Wildman–Crippen MR) is 74.3 cm³/mol. The summed E-state index contributed by atoms with van der Waals surface area (Å²) in [5.74, 6) is 0. The number of sulfonamides is 1. The molecule has 19 heavy (non-hydrogen) atoms. The Bertz CT molecular complexity index is 468. The van der Waals surface area contributed by atoms with Crippen LogP contribution in [-0.4, -0.2) is 42.4 Å². The molecule has 1 saturated carbocycles. The highest BCUT2D eigenvalue weighted by molar-refractivity contribution is 7.90. The zero-order valence-electron chi connectivity index (χ0n) is 11.2. The summed E-state index contributed by atoms with van der Waals surface area (Å²) in [5.41, 5.74) is 0. The molecule has 1 unspecified atom stereocenters. The monoisotopic (exact) mass is 286 g/mol. The van der Waals surface area contributed by atoms with E-state index in [0.717, 1.165) is 13.0 Å². The molecule has 0 aliphatic heterocycles. The maximum Gasteiger partial charge on any atom is 0.215 e. The summed E-state index contributed by atoms with van der Waals surface area (Å²) in [6.45, 7) is 3.51. The van der Waals surface area contributed by atoms with Crippen molar-refractivity contribution in [2.45, 2.75) is 44.0 Å². The van der Waals surface area contributed by atoms with Gasteiger partial charge >= 0.3 is 0 Å². The number of aryl methyl sites for hydroxylation is 1. The lowest BCUT2D eigenvalue weighted by Crippen LogP contribution is -2.40. The van der Waals surface area contributed by atoms with E-state index < -0.39 is 10.0 Å². The van der Waals surface area contributed by atoms with Crippen molar-refractivity contribution < 1.29 is 8.42 Å². The minimum atomic E-state index is -3.21. The molecule has 1 atom stereocenters. The summed E-state index contributed by atoms with van der Waals surface area (Å²) < 4.78 is 28.5. The summed E-state index contributed by atoms with van der Waals surface area (Å²) in [7, 11) is -3.21. The first kappa shape index (κ1) is 14.5. The van der Waals surface area contributed by atoms with Crippen LogP contribution >= 0.6 is 0 Å². The van der Waals surface area contributed by atoms with Gasteiger partial charge in [0.2, 0.25) is 10.0 Å². The van der Waals surface area contributed by atoms with Crippen molar-refractivity contribution in [2.75, 3.05) is 13.1 Å². The number of hydrogen-bond donors (Lipinski definition) is 2. The van der Waals surface area contributed by atoms with Crippen molar-refractivity contribution in [1.82, 2.24) is 19.6 Å². The highest BCUT2D eigenvalue weighted by Crippen LogP contribution is 2.18. The Morgan fingerprint density at radius 1 is 1.47 bits per heavy atom. The van der Waals surface area contributed by atoms with Crippen LogP contribution in [0.2, 0.25) is 0 Å². The molecule has 6 nitrogen and oxygen atoms in total. The second-order valence-corrected chi connectivity index (χ2v) is 7.27. The lowest BCUT2D eigenvalue weighted by Gasteiger charge is -2.14. The van der Waals surface area contributed by atoms with E-state index in [4.69, 9.17) is 0 Å². The largest absolute Gasteiger partial charge is 0.337 e. The molecule has 7 heteroatoms. The highest BCUT2D eigenvalue weighted by atomic mass is 32.2. The molecule has 0 radical (unpaired) electrons. The van der Waals surface area contributed by atoms with Crippen molar-refractivity contribution in [3.63, 3.8) is 0 Å². The van der Waals surface area contributed by atoms with Crippen LogP contribution < -0.4 is 10.0 Å². The SMILES string of the molecule is CC(CNC1CC1)S(=O)(=O)NCCCn1ccnc1. The third kappa shape index (κ3) is 4.93. The lowest BCUT2D eigenvalue weighted by molar-refractivity contribution is 0.549. The van der Waals surface area contributed by atoms with Gasteiger partial charge in [-0.1, -0.05) is 0 Å². The zero-order chi connectivity index (χ0) is 13.7. The molecule has 108 valence electrons. The standard InChI is InChI=1S/C12H22N4O2S/c1-11(9-14-12-3-4-12)19(17,18)15-5-2-7-16-8-6-13-10-16/h6,8,10-12,14-15H,2-5,7,9H2,1H3. The van der Waals surface area contributed by atoms with Crippen LogP contribution in [0, 0.1) is 0 Å². The number of imidazole rings is 1. The number of nitrogens with one attached hydrogen (secondary N) is 2. The fourth-order valence-corrected chi connectivity index (χ4v) is 2.80. The molecular formula is C12H22N4O2S. The second kappa shape index (κ2) is 6.49. The van der Waals surface area contributed by atoms with Gasteiger partial charge < -0.3 is 9.88 Å². The van der Waals surface area contributed by atoms with Gasteiger partial charge in [-0.3, -0.25) is 0 Å². The molecule has 2 rings (SSSR count). The Balaban J connectivity index is 1.64. The molecule has 1 aliphatic rings. The number of nitrogens with zero attached hydrogens (tertiary/aromatic N) is 2.